The number of nitrogens with zero attached hydrogens (tertiary/aromatic N) is 3. The Morgan fingerprint density at radius 1 is 1.36 bits per heavy atom. The van der Waals surface area contributed by atoms with Gasteiger partial charge < -0.3 is 5.11 Å². The van der Waals surface area contributed by atoms with Gasteiger partial charge in [0.15, 0.2) is 4.96 Å². The van der Waals surface area contributed by atoms with E-state index in [1.807, 2.05) is 18.2 Å². The van der Waals surface area contributed by atoms with Crippen molar-refractivity contribution >= 4 is 34.4 Å². The van der Waals surface area contributed by atoms with Crippen molar-refractivity contribution in [2.75, 3.05) is 0 Å². The van der Waals surface area contributed by atoms with Crippen LogP contribution in [0.2, 0.25) is 0 Å². The molecule has 0 amide bonds. The second kappa shape index (κ2) is 5.53. The van der Waals surface area contributed by atoms with Crippen LogP contribution in [0.1, 0.15) is 26.6 Å². The minimum absolute atomic E-state index is 0.0786. The summed E-state index contributed by atoms with van der Waals surface area (Å²) in [6.07, 6.45) is 6.45. The highest BCUT2D eigenvalue weighted by atomic mass is 32.1. The van der Waals surface area contributed by atoms with Gasteiger partial charge in [-0.2, -0.15) is 0 Å². The molecule has 22 heavy (non-hydrogen) atoms. The minimum atomic E-state index is -1.07. The van der Waals surface area contributed by atoms with Crippen molar-refractivity contribution in [1.29, 1.82) is 0 Å². The van der Waals surface area contributed by atoms with Gasteiger partial charge in [-0.15, -0.1) is 0 Å². The van der Waals surface area contributed by atoms with Crippen molar-refractivity contribution < 1.29 is 9.90 Å². The molecule has 0 saturated carbocycles. The molecule has 3 heterocycles. The zero-order chi connectivity index (χ0) is 15.7. The number of pyridine rings is 1. The predicted molar refractivity (Wildman–Crippen MR) is 84.2 cm³/mol. The van der Waals surface area contributed by atoms with Crippen molar-refractivity contribution in [2.24, 2.45) is 0 Å². The van der Waals surface area contributed by atoms with Crippen LogP contribution in [-0.2, 0) is 0 Å². The van der Waals surface area contributed by atoms with Gasteiger partial charge in [0.25, 0.3) is 5.56 Å². The van der Waals surface area contributed by atoms with E-state index in [1.54, 1.807) is 25.3 Å². The summed E-state index contributed by atoms with van der Waals surface area (Å²) in [4.78, 5) is 32.2. The topological polar surface area (TPSA) is 84.6 Å². The van der Waals surface area contributed by atoms with Crippen molar-refractivity contribution in [3.05, 3.63) is 62.8 Å². The second-order valence-electron chi connectivity index (χ2n) is 4.57. The Morgan fingerprint density at radius 3 is 2.86 bits per heavy atom. The minimum Gasteiger partial charge on any atom is -0.477 e. The maximum absolute atomic E-state index is 12.3. The van der Waals surface area contributed by atoms with Crippen molar-refractivity contribution in [3.8, 4) is 0 Å². The molecule has 3 aromatic heterocycles. The summed E-state index contributed by atoms with van der Waals surface area (Å²) >= 11 is 0.967. The summed E-state index contributed by atoms with van der Waals surface area (Å²) < 4.78 is 1.27. The third kappa shape index (κ3) is 2.53. The standard InChI is InChI=1S/C15H11N3O3S/c1-9-11(6-5-10-4-2-3-7-16-10)17-15-18(13(9)19)8-12(22-15)14(20)21/h2-8H,1H3,(H,20,21). The summed E-state index contributed by atoms with van der Waals surface area (Å²) in [6, 6.07) is 5.52. The summed E-state index contributed by atoms with van der Waals surface area (Å²) in [5, 5.41) is 9.01. The van der Waals surface area contributed by atoms with Gasteiger partial charge in [-0.05, 0) is 31.2 Å². The highest BCUT2D eigenvalue weighted by Crippen LogP contribution is 2.17. The molecule has 110 valence electrons. The lowest BCUT2D eigenvalue weighted by Gasteiger charge is -2.00. The molecule has 3 aromatic rings. The molecule has 0 saturated heterocycles. The lowest BCUT2D eigenvalue weighted by atomic mass is 10.2. The Morgan fingerprint density at radius 2 is 2.18 bits per heavy atom. The van der Waals surface area contributed by atoms with Crippen LogP contribution < -0.4 is 5.56 Å². The first-order valence-corrected chi connectivity index (χ1v) is 7.23. The number of hydrogen-bond donors (Lipinski definition) is 1. The SMILES string of the molecule is Cc1c(C=Cc2ccccn2)nc2sc(C(=O)O)cn2c1=O. The molecule has 1 N–H and O–H groups in total. The van der Waals surface area contributed by atoms with E-state index >= 15 is 0 Å². The Kier molecular flexibility index (Phi) is 3.56. The molecule has 0 aliphatic heterocycles. The fraction of sp³-hybridized carbons (Fsp3) is 0.0667. The van der Waals surface area contributed by atoms with Crippen LogP contribution in [0.15, 0.2) is 35.4 Å². The van der Waals surface area contributed by atoms with Gasteiger partial charge in [0.1, 0.15) is 4.88 Å². The van der Waals surface area contributed by atoms with E-state index in [1.165, 1.54) is 10.6 Å². The van der Waals surface area contributed by atoms with Gasteiger partial charge in [-0.25, -0.2) is 9.78 Å². The largest absolute Gasteiger partial charge is 0.477 e. The van der Waals surface area contributed by atoms with E-state index in [9.17, 15) is 9.59 Å². The molecular weight excluding hydrogens is 302 g/mol. The van der Waals surface area contributed by atoms with E-state index in [4.69, 9.17) is 5.11 Å². The summed E-state index contributed by atoms with van der Waals surface area (Å²) in [6.45, 7) is 1.66. The number of aromatic nitrogens is 3. The van der Waals surface area contributed by atoms with Gasteiger partial charge in [0.2, 0.25) is 0 Å². The first-order valence-electron chi connectivity index (χ1n) is 6.41. The molecule has 0 fully saturated rings. The van der Waals surface area contributed by atoms with Crippen LogP contribution in [0, 0.1) is 6.92 Å². The molecule has 3 rings (SSSR count). The maximum Gasteiger partial charge on any atom is 0.347 e. The van der Waals surface area contributed by atoms with Crippen LogP contribution in [0.5, 0.6) is 0 Å². The van der Waals surface area contributed by atoms with Gasteiger partial charge >= 0.3 is 5.97 Å². The number of carboxylic acid groups (broad SMARTS) is 1. The highest BCUT2D eigenvalue weighted by Gasteiger charge is 2.13. The number of fused-ring (bicyclic) bond motifs is 1. The number of carbonyl (C=O) groups is 1. The van der Waals surface area contributed by atoms with Gasteiger partial charge in [-0.1, -0.05) is 17.4 Å². The van der Waals surface area contributed by atoms with E-state index in [0.29, 0.717) is 16.2 Å². The molecule has 0 unspecified atom stereocenters. The predicted octanol–water partition coefficient (Wildman–Crippen LogP) is 2.33. The second-order valence-corrected chi connectivity index (χ2v) is 5.58. The number of thiazole rings is 1. The highest BCUT2D eigenvalue weighted by molar-refractivity contribution is 7.18. The third-order valence-corrected chi connectivity index (χ3v) is 4.07. The Balaban J connectivity index is 2.10. The number of rotatable bonds is 3. The van der Waals surface area contributed by atoms with Crippen LogP contribution in [-0.4, -0.2) is 25.4 Å². The quantitative estimate of drug-likeness (QED) is 0.802. The first-order chi connectivity index (χ1) is 10.6. The molecule has 0 aliphatic rings. The van der Waals surface area contributed by atoms with Crippen LogP contribution in [0.25, 0.3) is 17.1 Å². The van der Waals surface area contributed by atoms with Crippen LogP contribution >= 0.6 is 11.3 Å². The summed E-state index contributed by atoms with van der Waals surface area (Å²) in [5.41, 5.74) is 1.45. The molecular formula is C15H11N3O3S. The fourth-order valence-corrected chi connectivity index (χ4v) is 2.77. The van der Waals surface area contributed by atoms with Crippen molar-refractivity contribution in [3.63, 3.8) is 0 Å². The van der Waals surface area contributed by atoms with E-state index in [2.05, 4.69) is 9.97 Å². The molecule has 0 atom stereocenters. The fourth-order valence-electron chi connectivity index (χ4n) is 1.95. The van der Waals surface area contributed by atoms with Crippen LogP contribution in [0.3, 0.4) is 0 Å². The smallest absolute Gasteiger partial charge is 0.347 e. The maximum atomic E-state index is 12.3. The summed E-state index contributed by atoms with van der Waals surface area (Å²) in [5.74, 6) is -1.07. The third-order valence-electron chi connectivity index (χ3n) is 3.10. The molecule has 6 nitrogen and oxygen atoms in total. The Labute approximate surface area is 129 Å². The van der Waals surface area contributed by atoms with E-state index in [-0.39, 0.29) is 10.4 Å². The van der Waals surface area contributed by atoms with Crippen molar-refractivity contribution in [2.45, 2.75) is 6.92 Å². The molecule has 0 aliphatic carbocycles. The van der Waals surface area contributed by atoms with Gasteiger partial charge in [0.05, 0.1) is 11.4 Å². The molecule has 0 radical (unpaired) electrons. The number of hydrogen-bond acceptors (Lipinski definition) is 5. The Hall–Kier alpha value is -2.80. The monoisotopic (exact) mass is 313 g/mol. The summed E-state index contributed by atoms with van der Waals surface area (Å²) in [7, 11) is 0. The normalized spacial score (nSPS) is 11.3. The Bertz CT molecular complexity index is 942. The zero-order valence-electron chi connectivity index (χ0n) is 11.6. The average Bonchev–Trinajstić information content (AvgIpc) is 2.95. The van der Waals surface area contributed by atoms with Crippen molar-refractivity contribution in [1.82, 2.24) is 14.4 Å². The molecule has 0 bridgehead atoms. The van der Waals surface area contributed by atoms with Gasteiger partial charge in [0, 0.05) is 18.0 Å². The zero-order valence-corrected chi connectivity index (χ0v) is 12.4. The molecule has 0 aromatic carbocycles. The van der Waals surface area contributed by atoms with Crippen LogP contribution in [0.4, 0.5) is 0 Å². The number of carboxylic acids is 1. The van der Waals surface area contributed by atoms with Gasteiger partial charge in [-0.3, -0.25) is 14.2 Å². The molecule has 7 heteroatoms. The first kappa shape index (κ1) is 14.2. The number of aromatic carboxylic acids is 1. The lowest BCUT2D eigenvalue weighted by molar-refractivity contribution is 0.0702. The lowest BCUT2D eigenvalue weighted by Crippen LogP contribution is -2.17. The van der Waals surface area contributed by atoms with E-state index in [0.717, 1.165) is 17.0 Å². The average molecular weight is 313 g/mol. The van der Waals surface area contributed by atoms with E-state index < -0.39 is 5.97 Å². The molecule has 0 spiro atoms.